The highest BCUT2D eigenvalue weighted by atomic mass is 32.1. The third kappa shape index (κ3) is 3.41. The first-order valence-electron chi connectivity index (χ1n) is 8.38. The number of benzene rings is 1. The minimum absolute atomic E-state index is 0.0704. The summed E-state index contributed by atoms with van der Waals surface area (Å²) in [5.41, 5.74) is 2.98. The Morgan fingerprint density at radius 2 is 2.16 bits per heavy atom. The molecule has 128 valence electrons. The van der Waals surface area contributed by atoms with Crippen LogP contribution in [0, 0.1) is 0 Å². The van der Waals surface area contributed by atoms with Crippen LogP contribution >= 0.6 is 11.3 Å². The number of anilines is 1. The molecular weight excluding hydrogens is 334 g/mol. The molecule has 2 aromatic heterocycles. The number of hydrogen-bond acceptors (Lipinski definition) is 4. The molecule has 0 spiro atoms. The number of hydrogen-bond donors (Lipinski definition) is 2. The van der Waals surface area contributed by atoms with Gasteiger partial charge in [-0.25, -0.2) is 9.78 Å². The van der Waals surface area contributed by atoms with Gasteiger partial charge in [0.1, 0.15) is 0 Å². The molecule has 0 aliphatic carbocycles. The van der Waals surface area contributed by atoms with Crippen molar-refractivity contribution in [2.75, 3.05) is 11.9 Å². The normalized spacial score (nSPS) is 17.4. The van der Waals surface area contributed by atoms with Crippen LogP contribution in [0.1, 0.15) is 30.9 Å². The Hall–Kier alpha value is -2.67. The van der Waals surface area contributed by atoms with E-state index < -0.39 is 0 Å². The summed E-state index contributed by atoms with van der Waals surface area (Å²) in [5.74, 6) is 0. The molecule has 0 radical (unpaired) electrons. The number of likely N-dealkylation sites (tertiary alicyclic amines) is 1. The summed E-state index contributed by atoms with van der Waals surface area (Å²) in [4.78, 5) is 19.2. The molecule has 1 atom stereocenters. The van der Waals surface area contributed by atoms with E-state index in [0.29, 0.717) is 5.13 Å². The summed E-state index contributed by atoms with van der Waals surface area (Å²) >= 11 is 1.45. The molecule has 6 nitrogen and oxygen atoms in total. The lowest BCUT2D eigenvalue weighted by Crippen LogP contribution is -2.41. The maximum atomic E-state index is 12.8. The molecule has 1 saturated heterocycles. The predicted octanol–water partition coefficient (Wildman–Crippen LogP) is 4.29. The average Bonchev–Trinajstić information content (AvgIpc) is 3.34. The lowest BCUT2D eigenvalue weighted by Gasteiger charge is -2.34. The molecule has 1 fully saturated rings. The van der Waals surface area contributed by atoms with Gasteiger partial charge in [0.2, 0.25) is 0 Å². The van der Waals surface area contributed by atoms with Crippen molar-refractivity contribution in [1.82, 2.24) is 20.1 Å². The third-order valence-electron chi connectivity index (χ3n) is 4.46. The molecule has 25 heavy (non-hydrogen) atoms. The number of urea groups is 1. The number of amides is 2. The van der Waals surface area contributed by atoms with Gasteiger partial charge in [-0.1, -0.05) is 30.3 Å². The van der Waals surface area contributed by atoms with Gasteiger partial charge >= 0.3 is 6.03 Å². The number of piperidine rings is 1. The lowest BCUT2D eigenvalue weighted by molar-refractivity contribution is 0.163. The van der Waals surface area contributed by atoms with E-state index in [9.17, 15) is 4.79 Å². The zero-order valence-corrected chi connectivity index (χ0v) is 14.5. The molecule has 2 amide bonds. The number of thiazole rings is 1. The van der Waals surface area contributed by atoms with E-state index in [-0.39, 0.29) is 12.1 Å². The van der Waals surface area contributed by atoms with Crippen LogP contribution in [0.25, 0.3) is 11.3 Å². The maximum Gasteiger partial charge on any atom is 0.324 e. The fourth-order valence-electron chi connectivity index (χ4n) is 3.20. The van der Waals surface area contributed by atoms with E-state index in [1.165, 1.54) is 11.3 Å². The van der Waals surface area contributed by atoms with E-state index >= 15 is 0 Å². The van der Waals surface area contributed by atoms with Crippen molar-refractivity contribution in [3.8, 4) is 11.3 Å². The molecule has 1 aromatic carbocycles. The molecule has 0 saturated carbocycles. The maximum absolute atomic E-state index is 12.8. The zero-order valence-electron chi connectivity index (χ0n) is 13.7. The van der Waals surface area contributed by atoms with Gasteiger partial charge in [0.05, 0.1) is 17.9 Å². The number of carbonyl (C=O) groups excluding carboxylic acids is 1. The average molecular weight is 353 g/mol. The Bertz CT molecular complexity index is 830. The summed E-state index contributed by atoms with van der Waals surface area (Å²) in [5, 5.41) is 12.4. The Balaban J connectivity index is 1.48. The summed E-state index contributed by atoms with van der Waals surface area (Å²) in [6.07, 6.45) is 6.77. The highest BCUT2D eigenvalue weighted by Gasteiger charge is 2.29. The highest BCUT2D eigenvalue weighted by molar-refractivity contribution is 7.14. The minimum Gasteiger partial charge on any atom is -0.317 e. The first-order valence-corrected chi connectivity index (χ1v) is 9.26. The van der Waals surface area contributed by atoms with E-state index in [1.54, 1.807) is 6.20 Å². The van der Waals surface area contributed by atoms with E-state index in [4.69, 9.17) is 0 Å². The van der Waals surface area contributed by atoms with Crippen LogP contribution in [0.2, 0.25) is 0 Å². The topological polar surface area (TPSA) is 73.9 Å². The van der Waals surface area contributed by atoms with Gasteiger partial charge in [0, 0.05) is 29.2 Å². The van der Waals surface area contributed by atoms with E-state index in [2.05, 4.69) is 20.5 Å². The number of aromatic nitrogens is 3. The number of nitrogens with one attached hydrogen (secondary N) is 2. The van der Waals surface area contributed by atoms with Crippen molar-refractivity contribution in [3.05, 3.63) is 53.7 Å². The second-order valence-electron chi connectivity index (χ2n) is 6.07. The standard InChI is InChI=1S/C18H19N5OS/c24-18(23-9-5-4-8-16(23)14-10-19-20-11-14)22-17-21-15(12-25-17)13-6-2-1-3-7-13/h1-3,6-7,10-12,16H,4-5,8-9H2,(H,19,20)(H,21,22,24). The van der Waals surface area contributed by atoms with Gasteiger partial charge in [-0.15, -0.1) is 11.3 Å². The Morgan fingerprint density at radius 1 is 1.28 bits per heavy atom. The quantitative estimate of drug-likeness (QED) is 0.737. The van der Waals surface area contributed by atoms with Crippen molar-refractivity contribution in [2.24, 2.45) is 0 Å². The van der Waals surface area contributed by atoms with E-state index in [0.717, 1.165) is 42.6 Å². The zero-order chi connectivity index (χ0) is 17.1. The van der Waals surface area contributed by atoms with Crippen molar-refractivity contribution < 1.29 is 4.79 Å². The van der Waals surface area contributed by atoms with Crippen molar-refractivity contribution in [2.45, 2.75) is 25.3 Å². The van der Waals surface area contributed by atoms with Crippen molar-refractivity contribution in [3.63, 3.8) is 0 Å². The summed E-state index contributed by atoms with van der Waals surface area (Å²) in [6.45, 7) is 0.749. The summed E-state index contributed by atoms with van der Waals surface area (Å²) in [7, 11) is 0. The van der Waals surface area contributed by atoms with Crippen LogP contribution < -0.4 is 5.32 Å². The SMILES string of the molecule is O=C(Nc1nc(-c2ccccc2)cs1)N1CCCCC1c1cn[nH]c1. The fraction of sp³-hybridized carbons (Fsp3) is 0.278. The third-order valence-corrected chi connectivity index (χ3v) is 5.21. The number of carbonyl (C=O) groups is 1. The molecule has 2 N–H and O–H groups in total. The second-order valence-corrected chi connectivity index (χ2v) is 6.93. The molecule has 4 rings (SSSR count). The molecule has 3 aromatic rings. The molecule has 7 heteroatoms. The Morgan fingerprint density at radius 3 is 2.96 bits per heavy atom. The van der Waals surface area contributed by atoms with Crippen LogP contribution in [0.15, 0.2) is 48.1 Å². The number of aromatic amines is 1. The van der Waals surface area contributed by atoms with Gasteiger partial charge in [0.15, 0.2) is 5.13 Å². The smallest absolute Gasteiger partial charge is 0.317 e. The van der Waals surface area contributed by atoms with Crippen LogP contribution in [-0.2, 0) is 0 Å². The minimum atomic E-state index is -0.0974. The Kier molecular flexibility index (Phi) is 4.47. The van der Waals surface area contributed by atoms with Gasteiger partial charge in [0.25, 0.3) is 0 Å². The van der Waals surface area contributed by atoms with Crippen LogP contribution in [0.5, 0.6) is 0 Å². The highest BCUT2D eigenvalue weighted by Crippen LogP contribution is 2.31. The van der Waals surface area contributed by atoms with Crippen LogP contribution in [0.4, 0.5) is 9.93 Å². The summed E-state index contributed by atoms with van der Waals surface area (Å²) < 4.78 is 0. The molecule has 0 bridgehead atoms. The van der Waals surface area contributed by atoms with Gasteiger partial charge in [-0.2, -0.15) is 5.10 Å². The summed E-state index contributed by atoms with van der Waals surface area (Å²) in [6, 6.07) is 9.94. The van der Waals surface area contributed by atoms with Gasteiger partial charge < -0.3 is 4.90 Å². The van der Waals surface area contributed by atoms with Crippen LogP contribution in [0.3, 0.4) is 0 Å². The molecule has 1 aliphatic heterocycles. The molecule has 1 aliphatic rings. The number of H-pyrrole nitrogens is 1. The largest absolute Gasteiger partial charge is 0.324 e. The predicted molar refractivity (Wildman–Crippen MR) is 98.5 cm³/mol. The Labute approximate surface area is 149 Å². The van der Waals surface area contributed by atoms with Crippen molar-refractivity contribution in [1.29, 1.82) is 0 Å². The van der Waals surface area contributed by atoms with E-state index in [1.807, 2.05) is 46.8 Å². The van der Waals surface area contributed by atoms with Crippen molar-refractivity contribution >= 4 is 22.5 Å². The number of rotatable bonds is 3. The molecule has 3 heterocycles. The van der Waals surface area contributed by atoms with Gasteiger partial charge in [-0.05, 0) is 19.3 Å². The second kappa shape index (κ2) is 7.06. The monoisotopic (exact) mass is 353 g/mol. The lowest BCUT2D eigenvalue weighted by atomic mass is 9.98. The fourth-order valence-corrected chi connectivity index (χ4v) is 3.91. The number of nitrogens with zero attached hydrogens (tertiary/aromatic N) is 3. The molecular formula is C18H19N5OS. The molecule has 1 unspecified atom stereocenters. The van der Waals surface area contributed by atoms with Gasteiger partial charge in [-0.3, -0.25) is 10.4 Å². The first-order chi connectivity index (χ1) is 12.3. The first kappa shape index (κ1) is 15.8. The van der Waals surface area contributed by atoms with Crippen LogP contribution in [-0.4, -0.2) is 32.7 Å².